The molecule has 7 rings (SSSR count). The molecule has 1 aromatic carbocycles. The molecular weight excluding hydrogens is 502 g/mol. The van der Waals surface area contributed by atoms with E-state index in [9.17, 15) is 14.7 Å². The van der Waals surface area contributed by atoms with Gasteiger partial charge in [0.1, 0.15) is 11.8 Å². The second kappa shape index (κ2) is 10.3. The highest BCUT2D eigenvalue weighted by atomic mass is 17.3. The molecule has 1 amide bonds. The maximum Gasteiger partial charge on any atom is 0.326 e. The molecule has 2 bridgehead atoms. The van der Waals surface area contributed by atoms with Gasteiger partial charge in [-0.1, -0.05) is 33.1 Å². The lowest BCUT2D eigenvalue weighted by Crippen LogP contribution is -2.70. The van der Waals surface area contributed by atoms with Crippen molar-refractivity contribution in [1.82, 2.24) is 5.32 Å². The van der Waals surface area contributed by atoms with Crippen LogP contribution >= 0.6 is 0 Å². The Bertz CT molecular complexity index is 1070. The third kappa shape index (κ3) is 4.75. The highest BCUT2D eigenvalue weighted by Gasteiger charge is 2.69. The summed E-state index contributed by atoms with van der Waals surface area (Å²) in [5.41, 5.74) is -0.249. The van der Waals surface area contributed by atoms with E-state index in [1.165, 1.54) is 0 Å². The molecule has 4 saturated heterocycles. The standard InChI is InChI=1S/C30H41NO8/c1-17-9-14-23-18(2)27(36-28-30(23)22(17)15-16-29(3,37-28)38-39-30)35-21-12-10-20(11-13-21)25(32)31-24(26(33)34)19-7-5-4-6-8-19/h10-13,17-19,22-24,27-28H,4-9,14-16H2,1-3H3,(H,31,32)(H,33,34)/t17-,18-,22+,23+,24+,27+,28-,29-,30-/m1/s1. The van der Waals surface area contributed by atoms with Crippen LogP contribution in [0, 0.1) is 29.6 Å². The summed E-state index contributed by atoms with van der Waals surface area (Å²) in [7, 11) is 0. The monoisotopic (exact) mass is 543 g/mol. The first-order valence-electron chi connectivity index (χ1n) is 14.7. The largest absolute Gasteiger partial charge is 0.480 e. The van der Waals surface area contributed by atoms with E-state index in [4.69, 9.17) is 24.0 Å². The molecule has 0 unspecified atom stereocenters. The molecule has 1 aromatic rings. The molecule has 0 aromatic heterocycles. The fraction of sp³-hybridized carbons (Fsp3) is 0.733. The molecule has 1 spiro atoms. The number of amides is 1. The van der Waals surface area contributed by atoms with Crippen molar-refractivity contribution >= 4 is 11.9 Å². The van der Waals surface area contributed by atoms with Crippen LogP contribution in [0.25, 0.3) is 0 Å². The summed E-state index contributed by atoms with van der Waals surface area (Å²) >= 11 is 0. The number of carboxylic acid groups (broad SMARTS) is 1. The quantitative estimate of drug-likeness (QED) is 0.480. The van der Waals surface area contributed by atoms with Gasteiger partial charge in [0.15, 0.2) is 11.9 Å². The number of nitrogens with one attached hydrogen (secondary N) is 1. The normalized spacial score (nSPS) is 40.7. The molecular formula is C30H41NO8. The summed E-state index contributed by atoms with van der Waals surface area (Å²) in [6, 6.07) is 5.93. The van der Waals surface area contributed by atoms with Crippen LogP contribution in [0.15, 0.2) is 24.3 Å². The Balaban J connectivity index is 1.15. The van der Waals surface area contributed by atoms with Crippen LogP contribution in [-0.2, 0) is 24.0 Å². The zero-order valence-electron chi connectivity index (χ0n) is 23.1. The van der Waals surface area contributed by atoms with E-state index in [0.29, 0.717) is 17.2 Å². The number of hydrogen-bond acceptors (Lipinski definition) is 7. The van der Waals surface area contributed by atoms with Gasteiger partial charge in [-0.3, -0.25) is 4.79 Å². The van der Waals surface area contributed by atoms with Crippen LogP contribution in [0.2, 0.25) is 0 Å². The van der Waals surface area contributed by atoms with Crippen molar-refractivity contribution in [3.8, 4) is 5.75 Å². The number of ether oxygens (including phenoxy) is 3. The molecule has 9 atom stereocenters. The van der Waals surface area contributed by atoms with Crippen molar-refractivity contribution in [2.75, 3.05) is 0 Å². The Morgan fingerprint density at radius 2 is 1.74 bits per heavy atom. The van der Waals surface area contributed by atoms with Crippen LogP contribution in [0.5, 0.6) is 5.75 Å². The molecule has 2 saturated carbocycles. The van der Waals surface area contributed by atoms with Crippen LogP contribution in [0.4, 0.5) is 0 Å². The van der Waals surface area contributed by atoms with E-state index in [-0.39, 0.29) is 29.6 Å². The average molecular weight is 544 g/mol. The Hall–Kier alpha value is -2.20. The molecule has 39 heavy (non-hydrogen) atoms. The van der Waals surface area contributed by atoms with E-state index >= 15 is 0 Å². The van der Waals surface area contributed by atoms with Gasteiger partial charge in [-0.2, -0.15) is 0 Å². The molecule has 2 N–H and O–H groups in total. The van der Waals surface area contributed by atoms with Crippen LogP contribution in [0.1, 0.15) is 88.9 Å². The number of hydrogen-bond donors (Lipinski definition) is 2. The summed E-state index contributed by atoms with van der Waals surface area (Å²) in [5, 5.41) is 12.5. The van der Waals surface area contributed by atoms with Gasteiger partial charge in [0.05, 0.1) is 0 Å². The Morgan fingerprint density at radius 1 is 1.00 bits per heavy atom. The maximum absolute atomic E-state index is 12.9. The Labute approximate surface area is 229 Å². The minimum atomic E-state index is -0.978. The van der Waals surface area contributed by atoms with Crippen molar-refractivity contribution in [3.63, 3.8) is 0 Å². The first-order chi connectivity index (χ1) is 18.7. The number of fused-ring (bicyclic) bond motifs is 2. The van der Waals surface area contributed by atoms with Crippen molar-refractivity contribution < 1.29 is 38.7 Å². The summed E-state index contributed by atoms with van der Waals surface area (Å²) < 4.78 is 19.2. The lowest BCUT2D eigenvalue weighted by molar-refractivity contribution is -0.575. The number of aliphatic carboxylic acids is 1. The Morgan fingerprint density at radius 3 is 2.46 bits per heavy atom. The van der Waals surface area contributed by atoms with Gasteiger partial charge in [-0.05, 0) is 81.0 Å². The van der Waals surface area contributed by atoms with Gasteiger partial charge in [0.2, 0.25) is 12.1 Å². The van der Waals surface area contributed by atoms with Crippen LogP contribution in [-0.4, -0.2) is 47.0 Å². The van der Waals surface area contributed by atoms with Gasteiger partial charge < -0.3 is 24.6 Å². The fourth-order valence-electron chi connectivity index (χ4n) is 7.90. The first kappa shape index (κ1) is 27.0. The second-order valence-corrected chi connectivity index (χ2v) is 12.6. The summed E-state index contributed by atoms with van der Waals surface area (Å²) in [5.74, 6) is -0.710. The zero-order valence-corrected chi connectivity index (χ0v) is 23.1. The van der Waals surface area contributed by atoms with Crippen LogP contribution < -0.4 is 10.1 Å². The average Bonchev–Trinajstić information content (AvgIpc) is 3.16. The predicted molar refractivity (Wildman–Crippen MR) is 139 cm³/mol. The maximum atomic E-state index is 12.9. The van der Waals surface area contributed by atoms with Gasteiger partial charge in [0, 0.05) is 23.8 Å². The highest BCUT2D eigenvalue weighted by Crippen LogP contribution is 2.60. The minimum Gasteiger partial charge on any atom is -0.480 e. The Kier molecular flexibility index (Phi) is 7.15. The summed E-state index contributed by atoms with van der Waals surface area (Å²) in [6.45, 7) is 6.32. The molecule has 214 valence electrons. The van der Waals surface area contributed by atoms with E-state index in [0.717, 1.165) is 57.8 Å². The fourth-order valence-corrected chi connectivity index (χ4v) is 7.90. The van der Waals surface area contributed by atoms with E-state index in [2.05, 4.69) is 19.2 Å². The SMILES string of the molecule is C[C@H]1[C@@H](Oc2ccc(C(=O)N[C@H](C(=O)O)C3CCCCC3)cc2)O[C@@H]2O[C@@]3(C)CC[C@H]4[C@H](C)CC[C@@H]1[C@@]24OO3. The third-order valence-corrected chi connectivity index (χ3v) is 10.1. The smallest absolute Gasteiger partial charge is 0.326 e. The van der Waals surface area contributed by atoms with Gasteiger partial charge >= 0.3 is 5.97 Å². The highest BCUT2D eigenvalue weighted by molar-refractivity contribution is 5.96. The van der Waals surface area contributed by atoms with E-state index in [1.807, 2.05) is 6.92 Å². The molecule has 4 aliphatic heterocycles. The zero-order chi connectivity index (χ0) is 27.4. The predicted octanol–water partition coefficient (Wildman–Crippen LogP) is 5.04. The van der Waals surface area contributed by atoms with E-state index < -0.39 is 36.0 Å². The van der Waals surface area contributed by atoms with Gasteiger partial charge in [-0.25, -0.2) is 14.6 Å². The molecule has 0 radical (unpaired) electrons. The lowest BCUT2D eigenvalue weighted by Gasteiger charge is -2.60. The molecule has 4 heterocycles. The van der Waals surface area contributed by atoms with Crippen LogP contribution in [0.3, 0.4) is 0 Å². The summed E-state index contributed by atoms with van der Waals surface area (Å²) in [4.78, 5) is 36.9. The van der Waals surface area contributed by atoms with Crippen molar-refractivity contribution in [2.45, 2.75) is 109 Å². The number of carbonyl (C=O) groups is 2. The third-order valence-electron chi connectivity index (χ3n) is 10.1. The second-order valence-electron chi connectivity index (χ2n) is 12.6. The first-order valence-corrected chi connectivity index (χ1v) is 14.7. The van der Waals surface area contributed by atoms with Crippen molar-refractivity contribution in [1.29, 1.82) is 0 Å². The lowest BCUT2D eigenvalue weighted by atomic mass is 9.58. The van der Waals surface area contributed by atoms with Gasteiger partial charge in [0.25, 0.3) is 5.91 Å². The molecule has 6 fully saturated rings. The van der Waals surface area contributed by atoms with Gasteiger partial charge in [-0.15, -0.1) is 0 Å². The topological polar surface area (TPSA) is 113 Å². The van der Waals surface area contributed by atoms with Crippen molar-refractivity contribution in [3.05, 3.63) is 29.8 Å². The molecule has 9 heteroatoms. The van der Waals surface area contributed by atoms with Crippen molar-refractivity contribution in [2.24, 2.45) is 29.6 Å². The minimum absolute atomic E-state index is 0.0284. The molecule has 9 nitrogen and oxygen atoms in total. The number of rotatable bonds is 6. The molecule has 6 aliphatic rings. The molecule has 2 aliphatic carbocycles. The number of carbonyl (C=O) groups excluding carboxylic acids is 1. The van der Waals surface area contributed by atoms with E-state index in [1.54, 1.807) is 24.3 Å². The summed E-state index contributed by atoms with van der Waals surface area (Å²) in [6.07, 6.45) is 7.46. The number of carboxylic acids is 1. The number of benzene rings is 1.